The lowest BCUT2D eigenvalue weighted by molar-refractivity contribution is -0.173. The monoisotopic (exact) mass is 286 g/mol. The maximum Gasteiger partial charge on any atom is 0.333 e. The Morgan fingerprint density at radius 3 is 2.76 bits per heavy atom. The van der Waals surface area contributed by atoms with Gasteiger partial charge in [0.25, 0.3) is 0 Å². The fourth-order valence-corrected chi connectivity index (χ4v) is 7.71. The van der Waals surface area contributed by atoms with Gasteiger partial charge in [0.15, 0.2) is 0 Å². The molecule has 21 heavy (non-hydrogen) atoms. The van der Waals surface area contributed by atoms with Crippen molar-refractivity contribution in [3.05, 3.63) is 12.2 Å². The maximum absolute atomic E-state index is 12.3. The molecule has 0 aromatic rings. The molecular formula is C19H26O2. The van der Waals surface area contributed by atoms with Gasteiger partial charge in [0.1, 0.15) is 5.60 Å². The summed E-state index contributed by atoms with van der Waals surface area (Å²) in [5.74, 6) is 5.68. The average molecular weight is 286 g/mol. The number of fused-ring (bicyclic) bond motifs is 12. The minimum absolute atomic E-state index is 0.0909. The van der Waals surface area contributed by atoms with Crippen LogP contribution in [0.3, 0.4) is 0 Å². The first-order valence-electron chi connectivity index (χ1n) is 9.00. The van der Waals surface area contributed by atoms with E-state index in [-0.39, 0.29) is 11.6 Å². The number of carbonyl (C=O) groups excluding carboxylic acids is 1. The first-order valence-corrected chi connectivity index (χ1v) is 9.00. The van der Waals surface area contributed by atoms with E-state index in [1.807, 2.05) is 0 Å². The second-order valence-electron chi connectivity index (χ2n) is 8.63. The number of hydrogen-bond donors (Lipinski definition) is 0. The molecule has 0 amide bonds. The third-order valence-electron chi connectivity index (χ3n) is 7.97. The summed E-state index contributed by atoms with van der Waals surface area (Å²) in [6, 6.07) is 0. The molecule has 5 saturated carbocycles. The summed E-state index contributed by atoms with van der Waals surface area (Å²) in [5, 5.41) is 0. The fourth-order valence-electron chi connectivity index (χ4n) is 7.71. The minimum atomic E-state index is -0.121. The zero-order valence-corrected chi connectivity index (χ0v) is 13.0. The van der Waals surface area contributed by atoms with Crippen molar-refractivity contribution in [1.29, 1.82) is 0 Å². The summed E-state index contributed by atoms with van der Waals surface area (Å²) in [7, 11) is 0. The summed E-state index contributed by atoms with van der Waals surface area (Å²) < 4.78 is 6.29. The Labute approximate surface area is 127 Å². The third-order valence-corrected chi connectivity index (χ3v) is 7.97. The Balaban J connectivity index is 1.57. The Bertz CT molecular complexity index is 524. The molecule has 0 radical (unpaired) electrons. The highest BCUT2D eigenvalue weighted by Gasteiger charge is 2.74. The standard InChI is InChI=1S/C19H26O2/c1-10(2)18(20)21-19-9-14(13-4-3-5-15(13)19)16-11-6-7-12(8-11)17(16)19/h11-17H,1,3-9H2,2H3. The van der Waals surface area contributed by atoms with Gasteiger partial charge in [-0.15, -0.1) is 0 Å². The highest BCUT2D eigenvalue weighted by molar-refractivity contribution is 5.87. The third kappa shape index (κ3) is 1.38. The first kappa shape index (κ1) is 12.7. The number of rotatable bonds is 2. The van der Waals surface area contributed by atoms with Crippen molar-refractivity contribution in [3.8, 4) is 0 Å². The summed E-state index contributed by atoms with van der Waals surface area (Å²) in [6.45, 7) is 5.62. The number of hydrogen-bond acceptors (Lipinski definition) is 2. The second-order valence-corrected chi connectivity index (χ2v) is 8.63. The van der Waals surface area contributed by atoms with Gasteiger partial charge in [-0.2, -0.15) is 0 Å². The van der Waals surface area contributed by atoms with Crippen LogP contribution in [-0.2, 0) is 9.53 Å². The topological polar surface area (TPSA) is 26.3 Å². The predicted molar refractivity (Wildman–Crippen MR) is 80.4 cm³/mol. The van der Waals surface area contributed by atoms with Gasteiger partial charge in [-0.3, -0.25) is 0 Å². The SMILES string of the molecule is C=C(C)C(=O)OC12CC(C3CCCC31)C1C3CCC(C3)C12. The van der Waals surface area contributed by atoms with E-state index in [1.165, 1.54) is 44.9 Å². The van der Waals surface area contributed by atoms with E-state index in [2.05, 4.69) is 6.58 Å². The van der Waals surface area contributed by atoms with Crippen molar-refractivity contribution in [2.24, 2.45) is 41.4 Å². The van der Waals surface area contributed by atoms with Gasteiger partial charge in [0.2, 0.25) is 0 Å². The Hall–Kier alpha value is -0.790. The molecule has 5 aliphatic rings. The van der Waals surface area contributed by atoms with E-state index in [1.54, 1.807) is 6.92 Å². The molecule has 2 nitrogen and oxygen atoms in total. The van der Waals surface area contributed by atoms with E-state index in [4.69, 9.17) is 4.74 Å². The number of carbonyl (C=O) groups is 1. The molecule has 0 spiro atoms. The van der Waals surface area contributed by atoms with E-state index < -0.39 is 0 Å². The summed E-state index contributed by atoms with van der Waals surface area (Å²) >= 11 is 0. The van der Waals surface area contributed by atoms with Gasteiger partial charge in [0, 0.05) is 17.4 Å². The Morgan fingerprint density at radius 1 is 1.14 bits per heavy atom. The van der Waals surface area contributed by atoms with E-state index in [9.17, 15) is 4.79 Å². The molecule has 4 bridgehead atoms. The molecule has 0 N–H and O–H groups in total. The van der Waals surface area contributed by atoms with Crippen molar-refractivity contribution in [2.45, 2.75) is 57.5 Å². The Morgan fingerprint density at radius 2 is 1.95 bits per heavy atom. The molecule has 5 rings (SSSR count). The van der Waals surface area contributed by atoms with Gasteiger partial charge in [0.05, 0.1) is 0 Å². The smallest absolute Gasteiger partial charge is 0.333 e. The summed E-state index contributed by atoms with van der Waals surface area (Å²) in [6.07, 6.45) is 9.49. The number of esters is 1. The van der Waals surface area contributed by atoms with Gasteiger partial charge < -0.3 is 4.74 Å². The highest BCUT2D eigenvalue weighted by Crippen LogP contribution is 2.75. The number of ether oxygens (including phenoxy) is 1. The lowest BCUT2D eigenvalue weighted by Crippen LogP contribution is -2.50. The molecule has 5 fully saturated rings. The van der Waals surface area contributed by atoms with Crippen molar-refractivity contribution < 1.29 is 9.53 Å². The average Bonchev–Trinajstić information content (AvgIpc) is 3.21. The summed E-state index contributed by atoms with van der Waals surface area (Å²) in [4.78, 5) is 12.3. The second kappa shape index (κ2) is 3.94. The fraction of sp³-hybridized carbons (Fsp3) is 0.842. The molecule has 5 aliphatic carbocycles. The van der Waals surface area contributed by atoms with Crippen LogP contribution in [-0.4, -0.2) is 11.6 Å². The molecule has 2 heteroatoms. The van der Waals surface area contributed by atoms with Crippen LogP contribution in [0.5, 0.6) is 0 Å². The van der Waals surface area contributed by atoms with Crippen LogP contribution < -0.4 is 0 Å². The van der Waals surface area contributed by atoms with Crippen LogP contribution >= 0.6 is 0 Å². The zero-order chi connectivity index (χ0) is 14.4. The molecule has 0 aromatic heterocycles. The van der Waals surface area contributed by atoms with Gasteiger partial charge in [-0.25, -0.2) is 4.79 Å². The normalized spacial score (nSPS) is 55.6. The molecular weight excluding hydrogens is 260 g/mol. The predicted octanol–water partition coefficient (Wildman–Crippen LogP) is 3.96. The van der Waals surface area contributed by atoms with Crippen LogP contribution in [0.15, 0.2) is 12.2 Å². The van der Waals surface area contributed by atoms with E-state index in [0.29, 0.717) is 17.4 Å². The van der Waals surface area contributed by atoms with Crippen LogP contribution in [0.4, 0.5) is 0 Å². The molecule has 8 atom stereocenters. The van der Waals surface area contributed by atoms with Crippen LogP contribution in [0.2, 0.25) is 0 Å². The van der Waals surface area contributed by atoms with Crippen molar-refractivity contribution in [2.75, 3.05) is 0 Å². The lowest BCUT2D eigenvalue weighted by Gasteiger charge is -2.47. The largest absolute Gasteiger partial charge is 0.455 e. The van der Waals surface area contributed by atoms with Gasteiger partial charge in [-0.1, -0.05) is 13.0 Å². The van der Waals surface area contributed by atoms with Crippen LogP contribution in [0.1, 0.15) is 51.9 Å². The molecule has 8 unspecified atom stereocenters. The maximum atomic E-state index is 12.3. The van der Waals surface area contributed by atoms with E-state index in [0.717, 1.165) is 29.6 Å². The molecule has 0 aromatic carbocycles. The lowest BCUT2D eigenvalue weighted by atomic mass is 9.62. The molecule has 0 heterocycles. The van der Waals surface area contributed by atoms with Crippen molar-refractivity contribution in [1.82, 2.24) is 0 Å². The molecule has 114 valence electrons. The van der Waals surface area contributed by atoms with Gasteiger partial charge in [-0.05, 0) is 75.0 Å². The minimum Gasteiger partial charge on any atom is -0.455 e. The van der Waals surface area contributed by atoms with Crippen molar-refractivity contribution in [3.63, 3.8) is 0 Å². The molecule has 0 saturated heterocycles. The summed E-state index contributed by atoms with van der Waals surface area (Å²) in [5.41, 5.74) is 0.487. The Kier molecular flexibility index (Phi) is 2.39. The van der Waals surface area contributed by atoms with Crippen LogP contribution in [0.25, 0.3) is 0 Å². The zero-order valence-electron chi connectivity index (χ0n) is 13.0. The van der Waals surface area contributed by atoms with Crippen molar-refractivity contribution >= 4 is 5.97 Å². The van der Waals surface area contributed by atoms with Gasteiger partial charge >= 0.3 is 5.97 Å². The van der Waals surface area contributed by atoms with Crippen LogP contribution in [0, 0.1) is 41.4 Å². The highest BCUT2D eigenvalue weighted by atomic mass is 16.6. The van der Waals surface area contributed by atoms with E-state index >= 15 is 0 Å². The first-order chi connectivity index (χ1) is 10.1. The molecule has 0 aliphatic heterocycles. The quantitative estimate of drug-likeness (QED) is 0.436.